The maximum absolute atomic E-state index is 13.4. The number of aryl methyl sites for hydroxylation is 1. The van der Waals surface area contributed by atoms with Gasteiger partial charge in [-0.3, -0.25) is 15.1 Å². The van der Waals surface area contributed by atoms with Crippen LogP contribution in [-0.4, -0.2) is 54.4 Å². The fourth-order valence-corrected chi connectivity index (χ4v) is 7.74. The van der Waals surface area contributed by atoms with Crippen molar-refractivity contribution in [2.24, 2.45) is 11.8 Å². The third kappa shape index (κ3) is 4.95. The lowest BCUT2D eigenvalue weighted by molar-refractivity contribution is 0.00621. The quantitative estimate of drug-likeness (QED) is 0.294. The van der Waals surface area contributed by atoms with Crippen molar-refractivity contribution in [3.8, 4) is 16.9 Å². The number of carbonyl (C=O) groups excluding carboxylic acids is 1. The summed E-state index contributed by atoms with van der Waals surface area (Å²) in [6.07, 6.45) is 8.82. The molecule has 4 atom stereocenters. The molecule has 0 radical (unpaired) electrons. The largest absolute Gasteiger partial charge is 0.494 e. The van der Waals surface area contributed by atoms with Crippen LogP contribution in [0.25, 0.3) is 21.6 Å². The molecule has 4 aromatic rings. The van der Waals surface area contributed by atoms with Crippen LogP contribution in [0.4, 0.5) is 5.13 Å². The van der Waals surface area contributed by atoms with Crippen LogP contribution in [0.5, 0.6) is 5.75 Å². The van der Waals surface area contributed by atoms with Crippen LogP contribution < -0.4 is 10.1 Å². The van der Waals surface area contributed by atoms with Crippen LogP contribution in [0.2, 0.25) is 5.15 Å². The fourth-order valence-electron chi connectivity index (χ4n) is 5.38. The predicted octanol–water partition coefficient (Wildman–Crippen LogP) is 5.41. The van der Waals surface area contributed by atoms with E-state index in [0.29, 0.717) is 55.1 Å². The van der Waals surface area contributed by atoms with Gasteiger partial charge in [-0.05, 0) is 56.6 Å². The summed E-state index contributed by atoms with van der Waals surface area (Å²) in [5.41, 5.74) is 2.84. The molecule has 0 aliphatic heterocycles. The molecule has 9 nitrogen and oxygen atoms in total. The number of hydrogen-bond acceptors (Lipinski definition) is 10. The van der Waals surface area contributed by atoms with Crippen molar-refractivity contribution in [1.82, 2.24) is 24.9 Å². The van der Waals surface area contributed by atoms with Crippen LogP contribution in [0.1, 0.15) is 41.7 Å². The maximum Gasteiger partial charge on any atom is 0.259 e. The van der Waals surface area contributed by atoms with Gasteiger partial charge in [0.25, 0.3) is 5.91 Å². The first-order chi connectivity index (χ1) is 18.4. The van der Waals surface area contributed by atoms with E-state index in [2.05, 4.69) is 25.3 Å². The molecule has 3 aliphatic rings. The normalized spacial score (nSPS) is 22.5. The number of rotatable bonds is 6. The van der Waals surface area contributed by atoms with E-state index in [4.69, 9.17) is 21.3 Å². The first kappa shape index (κ1) is 25.4. The highest BCUT2D eigenvalue weighted by atomic mass is 35.5. The number of fused-ring (bicyclic) bond motifs is 4. The summed E-state index contributed by atoms with van der Waals surface area (Å²) in [6, 6.07) is 3.47. The number of aromatic nitrogens is 5. The predicted molar refractivity (Wildman–Crippen MR) is 148 cm³/mol. The van der Waals surface area contributed by atoms with Gasteiger partial charge in [0.2, 0.25) is 0 Å². The molecule has 0 spiro atoms. The lowest BCUT2D eigenvalue weighted by Gasteiger charge is -2.44. The molecule has 3 saturated carbocycles. The SMILES string of the molecule is COc1cnc(Cl)cc1-c1cc(C)ncc1C(=O)Nc1nc2ncc(SC3CC4CCC3CC4O)nc2s1. The molecule has 2 bridgehead atoms. The van der Waals surface area contributed by atoms with Crippen molar-refractivity contribution in [2.75, 3.05) is 12.4 Å². The van der Waals surface area contributed by atoms with E-state index in [1.54, 1.807) is 24.0 Å². The van der Waals surface area contributed by atoms with Gasteiger partial charge < -0.3 is 9.84 Å². The number of thioether (sulfide) groups is 1. The van der Waals surface area contributed by atoms with Gasteiger partial charge in [0, 0.05) is 28.3 Å². The molecule has 12 heteroatoms. The zero-order valence-electron chi connectivity index (χ0n) is 20.7. The van der Waals surface area contributed by atoms with Crippen LogP contribution >= 0.6 is 34.7 Å². The number of thiazole rings is 1. The topological polar surface area (TPSA) is 123 Å². The van der Waals surface area contributed by atoms with Gasteiger partial charge in [-0.25, -0.2) is 15.0 Å². The Morgan fingerprint density at radius 1 is 1.11 bits per heavy atom. The Morgan fingerprint density at radius 2 is 1.95 bits per heavy atom. The summed E-state index contributed by atoms with van der Waals surface area (Å²) in [4.78, 5) is 36.2. The number of pyridine rings is 2. The highest BCUT2D eigenvalue weighted by molar-refractivity contribution is 7.99. The highest BCUT2D eigenvalue weighted by Crippen LogP contribution is 2.48. The Labute approximate surface area is 232 Å². The minimum atomic E-state index is -0.368. The summed E-state index contributed by atoms with van der Waals surface area (Å²) >= 11 is 9.17. The van der Waals surface area contributed by atoms with Gasteiger partial charge in [-0.15, -0.1) is 11.8 Å². The Hall–Kier alpha value is -2.86. The molecule has 4 aromatic heterocycles. The van der Waals surface area contributed by atoms with Gasteiger partial charge in [0.1, 0.15) is 15.9 Å². The summed E-state index contributed by atoms with van der Waals surface area (Å²) < 4.78 is 5.46. The van der Waals surface area contributed by atoms with Crippen molar-refractivity contribution in [2.45, 2.75) is 49.0 Å². The number of aliphatic hydroxyl groups excluding tert-OH is 1. The second kappa shape index (κ2) is 10.4. The van der Waals surface area contributed by atoms with Crippen LogP contribution in [0.3, 0.4) is 0 Å². The van der Waals surface area contributed by atoms with Crippen LogP contribution in [0.15, 0.2) is 35.7 Å². The molecule has 4 heterocycles. The third-order valence-electron chi connectivity index (χ3n) is 7.28. The number of methoxy groups -OCH3 is 1. The Balaban J connectivity index is 1.24. The standard InChI is InChI=1S/C26H25ClN6O3S2/c1-12-5-15(16-8-21(27)29-10-19(16)36-2)17(9-28-12)24(35)33-26-32-23-25(38-26)31-22(11-30-23)37-20-7-13-3-4-14(20)6-18(13)34/h5,8-11,13-14,18,20,34H,3-4,6-7H2,1-2H3,(H,30,32,33,35). The molecule has 1 amide bonds. The van der Waals surface area contributed by atoms with Crippen LogP contribution in [0, 0.1) is 18.8 Å². The molecule has 3 aliphatic carbocycles. The van der Waals surface area contributed by atoms with Crippen molar-refractivity contribution in [3.05, 3.63) is 47.1 Å². The van der Waals surface area contributed by atoms with Crippen molar-refractivity contribution < 1.29 is 14.6 Å². The summed E-state index contributed by atoms with van der Waals surface area (Å²) in [5.74, 6) is 1.03. The van der Waals surface area contributed by atoms with E-state index in [1.807, 2.05) is 13.0 Å². The Morgan fingerprint density at radius 3 is 2.71 bits per heavy atom. The van der Waals surface area contributed by atoms with Gasteiger partial charge >= 0.3 is 0 Å². The number of nitrogens with one attached hydrogen (secondary N) is 1. The lowest BCUT2D eigenvalue weighted by atomic mass is 9.69. The smallest absolute Gasteiger partial charge is 0.259 e. The zero-order valence-corrected chi connectivity index (χ0v) is 23.1. The first-order valence-corrected chi connectivity index (χ1v) is 14.4. The minimum absolute atomic E-state index is 0.160. The average molecular weight is 569 g/mol. The second-order valence-corrected chi connectivity index (χ2v) is 12.3. The van der Waals surface area contributed by atoms with Crippen molar-refractivity contribution in [1.29, 1.82) is 0 Å². The van der Waals surface area contributed by atoms with E-state index in [1.165, 1.54) is 37.3 Å². The third-order valence-corrected chi connectivity index (χ3v) is 9.66. The molecule has 0 saturated heterocycles. The number of nitrogens with zero attached hydrogens (tertiary/aromatic N) is 5. The van der Waals surface area contributed by atoms with Crippen LogP contribution in [-0.2, 0) is 0 Å². The highest BCUT2D eigenvalue weighted by Gasteiger charge is 2.41. The number of carbonyl (C=O) groups is 1. The summed E-state index contributed by atoms with van der Waals surface area (Å²) in [5, 5.41) is 15.1. The lowest BCUT2D eigenvalue weighted by Crippen LogP contribution is -2.42. The van der Waals surface area contributed by atoms with Gasteiger partial charge in [0.05, 0.1) is 31.2 Å². The fraction of sp³-hybridized carbons (Fsp3) is 0.385. The summed E-state index contributed by atoms with van der Waals surface area (Å²) in [7, 11) is 1.54. The second-order valence-electron chi connectivity index (χ2n) is 9.68. The molecule has 7 rings (SSSR count). The number of ether oxygens (including phenoxy) is 1. The molecule has 0 aromatic carbocycles. The number of aliphatic hydroxyl groups is 1. The average Bonchev–Trinajstić information content (AvgIpc) is 3.30. The Bertz CT molecular complexity index is 1530. The molecule has 38 heavy (non-hydrogen) atoms. The number of amides is 1. The van der Waals surface area contributed by atoms with E-state index in [-0.39, 0.29) is 17.2 Å². The molecule has 2 N–H and O–H groups in total. The number of anilines is 1. The molecular formula is C26H25ClN6O3S2. The number of halogens is 1. The first-order valence-electron chi connectivity index (χ1n) is 12.3. The van der Waals surface area contributed by atoms with Gasteiger partial charge in [-0.2, -0.15) is 4.98 Å². The van der Waals surface area contributed by atoms with Crippen molar-refractivity contribution >= 4 is 56.2 Å². The van der Waals surface area contributed by atoms with E-state index in [9.17, 15) is 9.90 Å². The molecule has 3 fully saturated rings. The number of hydrogen-bond donors (Lipinski definition) is 2. The molecule has 4 unspecified atom stereocenters. The minimum Gasteiger partial charge on any atom is -0.494 e. The summed E-state index contributed by atoms with van der Waals surface area (Å²) in [6.45, 7) is 1.85. The zero-order chi connectivity index (χ0) is 26.4. The van der Waals surface area contributed by atoms with E-state index in [0.717, 1.165) is 30.0 Å². The van der Waals surface area contributed by atoms with Gasteiger partial charge in [-0.1, -0.05) is 22.9 Å². The van der Waals surface area contributed by atoms with E-state index < -0.39 is 0 Å². The Kier molecular flexibility index (Phi) is 6.93. The van der Waals surface area contributed by atoms with Crippen molar-refractivity contribution in [3.63, 3.8) is 0 Å². The maximum atomic E-state index is 13.4. The molecule has 196 valence electrons. The monoisotopic (exact) mass is 568 g/mol. The van der Waals surface area contributed by atoms with E-state index >= 15 is 0 Å². The molecular weight excluding hydrogens is 544 g/mol. The van der Waals surface area contributed by atoms with Gasteiger partial charge in [0.15, 0.2) is 15.6 Å².